The summed E-state index contributed by atoms with van der Waals surface area (Å²) in [5.74, 6) is -1.80. The van der Waals surface area contributed by atoms with Gasteiger partial charge < -0.3 is 10.1 Å². The molecule has 0 unspecified atom stereocenters. The maximum absolute atomic E-state index is 14.5. The van der Waals surface area contributed by atoms with Gasteiger partial charge in [0.25, 0.3) is 5.91 Å². The lowest BCUT2D eigenvalue weighted by Crippen LogP contribution is -2.40. The monoisotopic (exact) mass is 513 g/mol. The van der Waals surface area contributed by atoms with Gasteiger partial charge in [-0.25, -0.2) is 21.2 Å². The topological polar surface area (TPSA) is 113 Å². The van der Waals surface area contributed by atoms with Crippen molar-refractivity contribution in [2.45, 2.75) is 30.6 Å². The van der Waals surface area contributed by atoms with Crippen LogP contribution < -0.4 is 5.32 Å². The van der Waals surface area contributed by atoms with E-state index in [1.54, 1.807) is 26.8 Å². The van der Waals surface area contributed by atoms with E-state index in [4.69, 9.17) is 4.74 Å². The van der Waals surface area contributed by atoms with Crippen LogP contribution in [0.4, 0.5) is 10.1 Å². The maximum atomic E-state index is 14.5. The fraction of sp³-hybridized carbons (Fsp3) is 0.409. The Morgan fingerprint density at radius 2 is 1.71 bits per heavy atom. The van der Waals surface area contributed by atoms with Crippen LogP contribution in [0, 0.1) is 12.7 Å². The molecule has 0 aromatic heterocycles. The van der Waals surface area contributed by atoms with Gasteiger partial charge >= 0.3 is 0 Å². The summed E-state index contributed by atoms with van der Waals surface area (Å²) < 4.78 is 73.9. The summed E-state index contributed by atoms with van der Waals surface area (Å²) in [6.45, 7) is 6.48. The lowest BCUT2D eigenvalue weighted by molar-refractivity contribution is 0.0730. The van der Waals surface area contributed by atoms with E-state index in [1.165, 1.54) is 20.7 Å². The first-order valence-corrected chi connectivity index (χ1v) is 13.7. The zero-order valence-electron chi connectivity index (χ0n) is 19.2. The van der Waals surface area contributed by atoms with E-state index in [0.29, 0.717) is 5.56 Å². The van der Waals surface area contributed by atoms with Gasteiger partial charge in [0.1, 0.15) is 5.82 Å². The van der Waals surface area contributed by atoms with Crippen molar-refractivity contribution in [3.63, 3.8) is 0 Å². The van der Waals surface area contributed by atoms with Crippen LogP contribution in [-0.2, 0) is 24.8 Å². The van der Waals surface area contributed by atoms with Crippen LogP contribution in [0.25, 0.3) is 0 Å². The Balaban J connectivity index is 1.91. The number of rotatable bonds is 8. The largest absolute Gasteiger partial charge is 0.379 e. The Labute approximate surface area is 199 Å². The van der Waals surface area contributed by atoms with E-state index in [1.807, 2.05) is 0 Å². The maximum Gasteiger partial charge on any atom is 0.258 e. The van der Waals surface area contributed by atoms with Crippen molar-refractivity contribution in [2.24, 2.45) is 0 Å². The highest BCUT2D eigenvalue weighted by Gasteiger charge is 2.28. The Kier molecular flexibility index (Phi) is 8.09. The van der Waals surface area contributed by atoms with Crippen LogP contribution >= 0.6 is 0 Å². The zero-order chi connectivity index (χ0) is 25.1. The van der Waals surface area contributed by atoms with Gasteiger partial charge in [0, 0.05) is 31.9 Å². The van der Waals surface area contributed by atoms with Crippen molar-refractivity contribution in [3.05, 3.63) is 53.3 Å². The molecule has 1 fully saturated rings. The molecule has 1 amide bonds. The Morgan fingerprint density at radius 3 is 2.32 bits per heavy atom. The fourth-order valence-electron chi connectivity index (χ4n) is 3.63. The molecule has 186 valence electrons. The second-order valence-electron chi connectivity index (χ2n) is 7.68. The number of aryl methyl sites for hydroxylation is 1. The number of sulfonamides is 2. The minimum atomic E-state index is -3.93. The lowest BCUT2D eigenvalue weighted by Gasteiger charge is -2.26. The predicted octanol–water partition coefficient (Wildman–Crippen LogP) is 2.44. The highest BCUT2D eigenvalue weighted by molar-refractivity contribution is 7.89. The van der Waals surface area contributed by atoms with E-state index < -0.39 is 37.3 Å². The van der Waals surface area contributed by atoms with Crippen LogP contribution in [-0.4, -0.2) is 70.7 Å². The van der Waals surface area contributed by atoms with Crippen LogP contribution in [0.3, 0.4) is 0 Å². The first-order valence-electron chi connectivity index (χ1n) is 10.8. The lowest BCUT2D eigenvalue weighted by atomic mass is 10.2. The number of carbonyl (C=O) groups excluding carboxylic acids is 1. The van der Waals surface area contributed by atoms with E-state index in [-0.39, 0.29) is 54.9 Å². The summed E-state index contributed by atoms with van der Waals surface area (Å²) in [6.07, 6.45) is 0. The fourth-order valence-corrected chi connectivity index (χ4v) is 6.78. The molecule has 2 aromatic carbocycles. The first-order chi connectivity index (χ1) is 16.0. The number of hydrogen-bond donors (Lipinski definition) is 1. The molecular weight excluding hydrogens is 485 g/mol. The number of morpholine rings is 1. The number of nitrogens with zero attached hydrogens (tertiary/aromatic N) is 2. The molecule has 0 spiro atoms. The van der Waals surface area contributed by atoms with Crippen molar-refractivity contribution >= 4 is 31.6 Å². The normalized spacial score (nSPS) is 15.4. The molecule has 1 saturated heterocycles. The van der Waals surface area contributed by atoms with Gasteiger partial charge in [0.2, 0.25) is 20.0 Å². The van der Waals surface area contributed by atoms with Crippen molar-refractivity contribution in [1.82, 2.24) is 8.61 Å². The molecule has 3 rings (SSSR count). The molecule has 0 saturated carbocycles. The smallest absolute Gasteiger partial charge is 0.258 e. The Hall–Kier alpha value is -2.38. The van der Waals surface area contributed by atoms with Gasteiger partial charge in [0.15, 0.2) is 0 Å². The molecule has 2 aromatic rings. The number of halogens is 1. The van der Waals surface area contributed by atoms with Crippen molar-refractivity contribution in [1.29, 1.82) is 0 Å². The van der Waals surface area contributed by atoms with Gasteiger partial charge in [-0.2, -0.15) is 8.61 Å². The highest BCUT2D eigenvalue weighted by atomic mass is 32.2. The summed E-state index contributed by atoms with van der Waals surface area (Å²) in [4.78, 5) is 12.7. The molecule has 1 aliphatic heterocycles. The molecule has 12 heteroatoms. The molecule has 0 bridgehead atoms. The van der Waals surface area contributed by atoms with Gasteiger partial charge in [-0.05, 0) is 42.8 Å². The van der Waals surface area contributed by atoms with Gasteiger partial charge in [-0.3, -0.25) is 4.79 Å². The van der Waals surface area contributed by atoms with E-state index in [2.05, 4.69) is 5.32 Å². The number of benzene rings is 2. The number of amides is 1. The predicted molar refractivity (Wildman–Crippen MR) is 125 cm³/mol. The van der Waals surface area contributed by atoms with Crippen LogP contribution in [0.1, 0.15) is 29.8 Å². The molecule has 34 heavy (non-hydrogen) atoms. The highest BCUT2D eigenvalue weighted by Crippen LogP contribution is 2.25. The minimum absolute atomic E-state index is 0.0260. The van der Waals surface area contributed by atoms with Gasteiger partial charge in [-0.1, -0.05) is 19.9 Å². The molecule has 1 heterocycles. The second kappa shape index (κ2) is 10.5. The van der Waals surface area contributed by atoms with E-state index in [9.17, 15) is 26.0 Å². The Morgan fingerprint density at radius 1 is 1.06 bits per heavy atom. The van der Waals surface area contributed by atoms with Crippen molar-refractivity contribution < 1.29 is 30.8 Å². The molecule has 9 nitrogen and oxygen atoms in total. The van der Waals surface area contributed by atoms with Gasteiger partial charge in [0.05, 0.1) is 28.6 Å². The summed E-state index contributed by atoms with van der Waals surface area (Å²) in [6, 6.07) is 7.37. The summed E-state index contributed by atoms with van der Waals surface area (Å²) in [5.41, 5.74) is 0.167. The number of nitrogens with one attached hydrogen (secondary N) is 1. The summed E-state index contributed by atoms with van der Waals surface area (Å²) >= 11 is 0. The van der Waals surface area contributed by atoms with E-state index >= 15 is 0 Å². The third-order valence-electron chi connectivity index (χ3n) is 5.56. The Bertz CT molecular complexity index is 1270. The van der Waals surface area contributed by atoms with Crippen LogP contribution in [0.2, 0.25) is 0 Å². The summed E-state index contributed by atoms with van der Waals surface area (Å²) in [5, 5.41) is 2.48. The van der Waals surface area contributed by atoms with Crippen LogP contribution in [0.15, 0.2) is 46.2 Å². The summed E-state index contributed by atoms with van der Waals surface area (Å²) in [7, 11) is -7.72. The molecule has 1 N–H and O–H groups in total. The molecule has 1 aliphatic rings. The van der Waals surface area contributed by atoms with Gasteiger partial charge in [-0.15, -0.1) is 0 Å². The van der Waals surface area contributed by atoms with Crippen molar-refractivity contribution in [2.75, 3.05) is 44.7 Å². The average Bonchev–Trinajstić information content (AvgIpc) is 2.81. The quantitative estimate of drug-likeness (QED) is 0.580. The number of ether oxygens (including phenoxy) is 1. The molecule has 0 atom stereocenters. The average molecular weight is 514 g/mol. The minimum Gasteiger partial charge on any atom is -0.379 e. The number of hydrogen-bond acceptors (Lipinski definition) is 6. The number of carbonyl (C=O) groups is 1. The third kappa shape index (κ3) is 5.31. The van der Waals surface area contributed by atoms with E-state index in [0.717, 1.165) is 18.2 Å². The third-order valence-corrected chi connectivity index (χ3v) is 9.65. The molecule has 0 aliphatic carbocycles. The molecular formula is C22H28FN3O6S2. The standard InChI is InChI=1S/C22H28FN3O6S2/c1-4-25(5-2)34(30,31)21-14-17(7-6-16(21)3)24-22(27)19-15-18(8-9-20(19)23)33(28,29)26-10-12-32-13-11-26/h6-9,14-15H,4-5,10-13H2,1-3H3,(H,24,27). The molecule has 0 radical (unpaired) electrons. The first kappa shape index (κ1) is 26.2. The second-order valence-corrected chi connectivity index (χ2v) is 11.5. The van der Waals surface area contributed by atoms with Crippen LogP contribution in [0.5, 0.6) is 0 Å². The van der Waals surface area contributed by atoms with Crippen molar-refractivity contribution in [3.8, 4) is 0 Å². The number of anilines is 1. The SMILES string of the molecule is CCN(CC)S(=O)(=O)c1cc(NC(=O)c2cc(S(=O)(=O)N3CCOCC3)ccc2F)ccc1C. The zero-order valence-corrected chi connectivity index (χ0v) is 20.9.